The van der Waals surface area contributed by atoms with Gasteiger partial charge < -0.3 is 10.1 Å². The summed E-state index contributed by atoms with van der Waals surface area (Å²) in [7, 11) is 1.58. The van der Waals surface area contributed by atoms with Crippen molar-refractivity contribution in [3.8, 4) is 5.75 Å². The zero-order chi connectivity index (χ0) is 12.4. The van der Waals surface area contributed by atoms with Gasteiger partial charge in [0.15, 0.2) is 0 Å². The number of thiophene rings is 1. The summed E-state index contributed by atoms with van der Waals surface area (Å²) in [6, 6.07) is 1.71. The first-order valence-corrected chi connectivity index (χ1v) is 5.95. The van der Waals surface area contributed by atoms with E-state index in [1.807, 2.05) is 13.8 Å². The number of ether oxygens (including phenoxy) is 1. The van der Waals surface area contributed by atoms with E-state index in [0.29, 0.717) is 10.6 Å². The monoisotopic (exact) mass is 251 g/mol. The Labute approximate surface area is 103 Å². The molecule has 0 saturated carbocycles. The molecule has 2 aromatic heterocycles. The number of hydrogen-bond donors (Lipinski definition) is 2. The first-order valence-electron chi connectivity index (χ1n) is 5.07. The van der Waals surface area contributed by atoms with Gasteiger partial charge in [0.2, 0.25) is 0 Å². The van der Waals surface area contributed by atoms with Gasteiger partial charge in [-0.1, -0.05) is 0 Å². The Morgan fingerprint density at radius 2 is 2.29 bits per heavy atom. The van der Waals surface area contributed by atoms with E-state index < -0.39 is 0 Å². The van der Waals surface area contributed by atoms with Crippen molar-refractivity contribution < 1.29 is 9.53 Å². The molecule has 0 aliphatic heterocycles. The Balaban J connectivity index is 2.17. The number of nitrogens with zero attached hydrogens (tertiary/aromatic N) is 1. The van der Waals surface area contributed by atoms with E-state index >= 15 is 0 Å². The number of methoxy groups -OCH3 is 1. The highest BCUT2D eigenvalue weighted by atomic mass is 32.1. The van der Waals surface area contributed by atoms with E-state index in [4.69, 9.17) is 4.74 Å². The van der Waals surface area contributed by atoms with Crippen LogP contribution in [-0.2, 0) is 0 Å². The third kappa shape index (κ3) is 2.31. The molecule has 0 fully saturated rings. The number of carbonyl (C=O) groups excluding carboxylic acids is 1. The second kappa shape index (κ2) is 4.58. The third-order valence-corrected chi connectivity index (χ3v) is 3.31. The molecule has 0 aliphatic rings. The van der Waals surface area contributed by atoms with Gasteiger partial charge in [0, 0.05) is 11.4 Å². The van der Waals surface area contributed by atoms with Crippen molar-refractivity contribution in [2.45, 2.75) is 13.8 Å². The molecule has 0 aromatic carbocycles. The van der Waals surface area contributed by atoms with Crippen LogP contribution in [0.1, 0.15) is 21.1 Å². The summed E-state index contributed by atoms with van der Waals surface area (Å²) in [5.41, 5.74) is 2.36. The normalized spacial score (nSPS) is 10.3. The van der Waals surface area contributed by atoms with Crippen LogP contribution in [-0.4, -0.2) is 23.2 Å². The van der Waals surface area contributed by atoms with Crippen LogP contribution < -0.4 is 10.1 Å². The van der Waals surface area contributed by atoms with Crippen molar-refractivity contribution in [1.82, 2.24) is 10.2 Å². The first kappa shape index (κ1) is 11.7. The van der Waals surface area contributed by atoms with E-state index in [-0.39, 0.29) is 5.91 Å². The summed E-state index contributed by atoms with van der Waals surface area (Å²) in [4.78, 5) is 12.6. The molecule has 1 amide bonds. The number of aromatic amines is 1. The van der Waals surface area contributed by atoms with Crippen molar-refractivity contribution in [2.75, 3.05) is 12.4 Å². The smallest absolute Gasteiger partial charge is 0.265 e. The Bertz CT molecular complexity index is 525. The number of aromatic nitrogens is 2. The number of amides is 1. The SMILES string of the molecule is COc1csc(C(=O)Nc2c(C)n[nH]c2C)c1. The lowest BCUT2D eigenvalue weighted by molar-refractivity contribution is 0.103. The topological polar surface area (TPSA) is 67.0 Å². The third-order valence-electron chi connectivity index (χ3n) is 2.40. The van der Waals surface area contributed by atoms with Gasteiger partial charge in [-0.3, -0.25) is 9.89 Å². The van der Waals surface area contributed by atoms with Crippen LogP contribution >= 0.6 is 11.3 Å². The highest BCUT2D eigenvalue weighted by molar-refractivity contribution is 7.12. The molecule has 0 spiro atoms. The minimum Gasteiger partial charge on any atom is -0.496 e. The predicted octanol–water partition coefficient (Wildman–Crippen LogP) is 2.35. The van der Waals surface area contributed by atoms with Crippen LogP contribution in [0.3, 0.4) is 0 Å². The molecule has 5 nitrogen and oxygen atoms in total. The average Bonchev–Trinajstić information content (AvgIpc) is 2.90. The summed E-state index contributed by atoms with van der Waals surface area (Å²) < 4.78 is 5.04. The highest BCUT2D eigenvalue weighted by Gasteiger charge is 2.13. The Kier molecular flexibility index (Phi) is 3.14. The van der Waals surface area contributed by atoms with Gasteiger partial charge in [0.1, 0.15) is 5.75 Å². The standard InChI is InChI=1S/C11H13N3O2S/c1-6-10(7(2)14-13-6)12-11(15)9-4-8(16-3)5-17-9/h4-5H,1-3H3,(H,12,15)(H,13,14). The van der Waals surface area contributed by atoms with Gasteiger partial charge in [0.05, 0.1) is 29.1 Å². The molecule has 2 aromatic rings. The average molecular weight is 251 g/mol. The summed E-state index contributed by atoms with van der Waals surface area (Å²) in [6.45, 7) is 3.71. The fraction of sp³-hybridized carbons (Fsp3) is 0.273. The maximum atomic E-state index is 11.9. The molecular formula is C11H13N3O2S. The van der Waals surface area contributed by atoms with E-state index in [1.165, 1.54) is 11.3 Å². The molecule has 2 rings (SSSR count). The zero-order valence-electron chi connectivity index (χ0n) is 9.83. The van der Waals surface area contributed by atoms with Gasteiger partial charge in [-0.15, -0.1) is 11.3 Å². The van der Waals surface area contributed by atoms with E-state index in [2.05, 4.69) is 15.5 Å². The van der Waals surface area contributed by atoms with Gasteiger partial charge in [-0.05, 0) is 13.8 Å². The molecular weight excluding hydrogens is 238 g/mol. The number of anilines is 1. The molecule has 0 aliphatic carbocycles. The second-order valence-electron chi connectivity index (χ2n) is 3.61. The van der Waals surface area contributed by atoms with E-state index in [0.717, 1.165) is 17.1 Å². The number of carbonyl (C=O) groups is 1. The zero-order valence-corrected chi connectivity index (χ0v) is 10.6. The van der Waals surface area contributed by atoms with Crippen LogP contribution in [0.15, 0.2) is 11.4 Å². The highest BCUT2D eigenvalue weighted by Crippen LogP contribution is 2.23. The van der Waals surface area contributed by atoms with Crippen LogP contribution in [0.4, 0.5) is 5.69 Å². The number of rotatable bonds is 3. The van der Waals surface area contributed by atoms with E-state index in [1.54, 1.807) is 18.6 Å². The Hall–Kier alpha value is -1.82. The van der Waals surface area contributed by atoms with Gasteiger partial charge in [0.25, 0.3) is 5.91 Å². The van der Waals surface area contributed by atoms with Gasteiger partial charge in [-0.25, -0.2) is 0 Å². The van der Waals surface area contributed by atoms with Crippen LogP contribution in [0.25, 0.3) is 0 Å². The lowest BCUT2D eigenvalue weighted by Gasteiger charge is -2.02. The van der Waals surface area contributed by atoms with Crippen LogP contribution in [0.2, 0.25) is 0 Å². The Morgan fingerprint density at radius 3 is 2.82 bits per heavy atom. The Morgan fingerprint density at radius 1 is 1.53 bits per heavy atom. The summed E-state index contributed by atoms with van der Waals surface area (Å²) >= 11 is 1.35. The van der Waals surface area contributed by atoms with Crippen LogP contribution in [0, 0.1) is 13.8 Å². The predicted molar refractivity (Wildman–Crippen MR) is 66.9 cm³/mol. The lowest BCUT2D eigenvalue weighted by atomic mass is 10.3. The minimum atomic E-state index is -0.147. The number of nitrogens with one attached hydrogen (secondary N) is 2. The molecule has 0 bridgehead atoms. The molecule has 2 N–H and O–H groups in total. The molecule has 90 valence electrons. The van der Waals surface area contributed by atoms with Gasteiger partial charge >= 0.3 is 0 Å². The van der Waals surface area contributed by atoms with Crippen LogP contribution in [0.5, 0.6) is 5.75 Å². The molecule has 0 saturated heterocycles. The fourth-order valence-corrected chi connectivity index (χ4v) is 2.20. The maximum Gasteiger partial charge on any atom is 0.265 e. The molecule has 6 heteroatoms. The largest absolute Gasteiger partial charge is 0.496 e. The quantitative estimate of drug-likeness (QED) is 0.880. The molecule has 0 radical (unpaired) electrons. The number of hydrogen-bond acceptors (Lipinski definition) is 4. The second-order valence-corrected chi connectivity index (χ2v) is 4.53. The number of H-pyrrole nitrogens is 1. The van der Waals surface area contributed by atoms with Crippen molar-refractivity contribution in [2.24, 2.45) is 0 Å². The summed E-state index contributed by atoms with van der Waals surface area (Å²) in [6.07, 6.45) is 0. The fourth-order valence-electron chi connectivity index (χ4n) is 1.46. The molecule has 17 heavy (non-hydrogen) atoms. The van der Waals surface area contributed by atoms with E-state index in [9.17, 15) is 4.79 Å². The summed E-state index contributed by atoms with van der Waals surface area (Å²) in [5, 5.41) is 11.5. The van der Waals surface area contributed by atoms with Gasteiger partial charge in [-0.2, -0.15) is 5.10 Å². The summed E-state index contributed by atoms with van der Waals surface area (Å²) in [5.74, 6) is 0.548. The van der Waals surface area contributed by atoms with Crippen molar-refractivity contribution in [3.05, 3.63) is 27.7 Å². The molecule has 0 unspecified atom stereocenters. The first-order chi connectivity index (χ1) is 8.11. The maximum absolute atomic E-state index is 11.9. The van der Waals surface area contributed by atoms with Crippen molar-refractivity contribution in [3.63, 3.8) is 0 Å². The minimum absolute atomic E-state index is 0.147. The molecule has 0 atom stereocenters. The lowest BCUT2D eigenvalue weighted by Crippen LogP contribution is -2.11. The van der Waals surface area contributed by atoms with Crippen molar-refractivity contribution in [1.29, 1.82) is 0 Å². The molecule has 2 heterocycles. The van der Waals surface area contributed by atoms with Crippen molar-refractivity contribution >= 4 is 22.9 Å². The number of aryl methyl sites for hydroxylation is 2.